The molecule has 0 amide bonds. The van der Waals surface area contributed by atoms with Crippen molar-refractivity contribution < 1.29 is 14.6 Å². The summed E-state index contributed by atoms with van der Waals surface area (Å²) in [5.74, 6) is -1.39. The van der Waals surface area contributed by atoms with Crippen LogP contribution in [0.1, 0.15) is 45.6 Å². The van der Waals surface area contributed by atoms with Crippen molar-refractivity contribution in [2.45, 2.75) is 51.2 Å². The second-order valence-electron chi connectivity index (χ2n) is 6.71. The predicted octanol–water partition coefficient (Wildman–Crippen LogP) is 4.46. The van der Waals surface area contributed by atoms with Crippen LogP contribution in [0.15, 0.2) is 30.3 Å². The van der Waals surface area contributed by atoms with Crippen LogP contribution in [-0.2, 0) is 10.2 Å². The first-order valence-electron chi connectivity index (χ1n) is 7.42. The average Bonchev–Trinajstić information content (AvgIpc) is 2.37. The van der Waals surface area contributed by atoms with Gasteiger partial charge in [-0.25, -0.2) is 4.79 Å². The van der Waals surface area contributed by atoms with Crippen molar-refractivity contribution >= 4 is 17.0 Å². The van der Waals surface area contributed by atoms with Gasteiger partial charge in [-0.3, -0.25) is 0 Å². The van der Waals surface area contributed by atoms with Gasteiger partial charge in [0.1, 0.15) is 0 Å². The Morgan fingerprint density at radius 3 is 2.52 bits per heavy atom. The molecule has 3 nitrogen and oxygen atoms in total. The SMILES string of the molecule is CC1CCC(C(C)(C)c2ccccc2)C(O)(OC(=O)Cl)C1. The van der Waals surface area contributed by atoms with Crippen molar-refractivity contribution in [2.24, 2.45) is 11.8 Å². The van der Waals surface area contributed by atoms with Gasteiger partial charge in [0.15, 0.2) is 0 Å². The summed E-state index contributed by atoms with van der Waals surface area (Å²) in [6.45, 7) is 6.21. The fourth-order valence-corrected chi connectivity index (χ4v) is 3.80. The van der Waals surface area contributed by atoms with Crippen LogP contribution in [0.5, 0.6) is 0 Å². The Bertz CT molecular complexity index is 500. The molecule has 1 aromatic rings. The Morgan fingerprint density at radius 1 is 1.33 bits per heavy atom. The number of ether oxygens (including phenoxy) is 1. The van der Waals surface area contributed by atoms with Crippen LogP contribution in [-0.4, -0.2) is 16.3 Å². The summed E-state index contributed by atoms with van der Waals surface area (Å²) in [5.41, 5.74) is -0.142. The van der Waals surface area contributed by atoms with Gasteiger partial charge in [-0.05, 0) is 29.7 Å². The maximum Gasteiger partial charge on any atom is 0.406 e. The van der Waals surface area contributed by atoms with Gasteiger partial charge in [-0.15, -0.1) is 0 Å². The molecule has 0 saturated heterocycles. The van der Waals surface area contributed by atoms with Crippen molar-refractivity contribution in [3.05, 3.63) is 35.9 Å². The zero-order valence-corrected chi connectivity index (χ0v) is 13.6. The molecule has 2 rings (SSSR count). The standard InChI is InChI=1S/C17H23ClO3/c1-12-9-10-14(17(20,11-12)21-15(18)19)16(2,3)13-7-5-4-6-8-13/h4-8,12,14,20H,9-11H2,1-3H3. The Hall–Kier alpha value is -1.06. The zero-order chi connectivity index (χ0) is 15.7. The fourth-order valence-electron chi connectivity index (χ4n) is 3.67. The molecule has 0 aromatic heterocycles. The minimum atomic E-state index is -1.50. The van der Waals surface area contributed by atoms with E-state index in [1.807, 2.05) is 30.3 Å². The molecule has 1 aliphatic rings. The highest BCUT2D eigenvalue weighted by atomic mass is 35.5. The molecular formula is C17H23ClO3. The minimum Gasteiger partial charge on any atom is -0.421 e. The molecule has 0 spiro atoms. The van der Waals surface area contributed by atoms with Gasteiger partial charge in [-0.2, -0.15) is 0 Å². The van der Waals surface area contributed by atoms with E-state index in [1.165, 1.54) is 0 Å². The Balaban J connectivity index is 2.36. The number of carbonyl (C=O) groups excluding carboxylic acids is 1. The molecule has 0 radical (unpaired) electrons. The summed E-state index contributed by atoms with van der Waals surface area (Å²) in [6.07, 6.45) is 2.22. The quantitative estimate of drug-likeness (QED) is 0.662. The summed E-state index contributed by atoms with van der Waals surface area (Å²) in [6, 6.07) is 10.0. The number of rotatable bonds is 3. The van der Waals surface area contributed by atoms with Gasteiger partial charge in [0.05, 0.1) is 0 Å². The smallest absolute Gasteiger partial charge is 0.406 e. The lowest BCUT2D eigenvalue weighted by atomic mass is 9.63. The van der Waals surface area contributed by atoms with Crippen LogP contribution in [0, 0.1) is 11.8 Å². The van der Waals surface area contributed by atoms with E-state index in [-0.39, 0.29) is 11.3 Å². The second-order valence-corrected chi connectivity index (χ2v) is 7.02. The maximum absolute atomic E-state index is 11.2. The van der Waals surface area contributed by atoms with Gasteiger partial charge in [0, 0.05) is 23.9 Å². The first kappa shape index (κ1) is 16.3. The van der Waals surface area contributed by atoms with Crippen LogP contribution < -0.4 is 0 Å². The first-order chi connectivity index (χ1) is 9.75. The molecule has 116 valence electrons. The lowest BCUT2D eigenvalue weighted by Crippen LogP contribution is -2.53. The average molecular weight is 311 g/mol. The third-order valence-electron chi connectivity index (χ3n) is 4.78. The molecule has 1 aliphatic carbocycles. The topological polar surface area (TPSA) is 46.5 Å². The molecule has 3 unspecified atom stereocenters. The number of carbonyl (C=O) groups is 1. The summed E-state index contributed by atoms with van der Waals surface area (Å²) >= 11 is 5.39. The van der Waals surface area contributed by atoms with E-state index < -0.39 is 11.2 Å². The highest BCUT2D eigenvalue weighted by molar-refractivity contribution is 6.61. The summed E-state index contributed by atoms with van der Waals surface area (Å²) in [7, 11) is 0. The molecule has 1 aromatic carbocycles. The van der Waals surface area contributed by atoms with Crippen LogP contribution >= 0.6 is 11.6 Å². The Labute approximate surface area is 131 Å². The van der Waals surface area contributed by atoms with E-state index in [0.29, 0.717) is 12.3 Å². The molecule has 1 N–H and O–H groups in total. The van der Waals surface area contributed by atoms with Crippen LogP contribution in [0.25, 0.3) is 0 Å². The monoisotopic (exact) mass is 310 g/mol. The lowest BCUT2D eigenvalue weighted by molar-refractivity contribution is -0.232. The molecule has 21 heavy (non-hydrogen) atoms. The van der Waals surface area contributed by atoms with Crippen LogP contribution in [0.3, 0.4) is 0 Å². The highest BCUT2D eigenvalue weighted by Crippen LogP contribution is 2.48. The van der Waals surface area contributed by atoms with Gasteiger partial charge >= 0.3 is 5.43 Å². The van der Waals surface area contributed by atoms with E-state index in [0.717, 1.165) is 18.4 Å². The van der Waals surface area contributed by atoms with E-state index >= 15 is 0 Å². The van der Waals surface area contributed by atoms with E-state index in [9.17, 15) is 9.90 Å². The van der Waals surface area contributed by atoms with Gasteiger partial charge in [0.2, 0.25) is 5.79 Å². The second kappa shape index (κ2) is 5.98. The Kier molecular flexibility index (Phi) is 4.64. The third kappa shape index (κ3) is 3.41. The number of aliphatic hydroxyl groups is 1. The van der Waals surface area contributed by atoms with Crippen LogP contribution in [0.2, 0.25) is 0 Å². The van der Waals surface area contributed by atoms with Crippen LogP contribution in [0.4, 0.5) is 4.79 Å². The summed E-state index contributed by atoms with van der Waals surface area (Å²) in [4.78, 5) is 11.2. The fraction of sp³-hybridized carbons (Fsp3) is 0.588. The number of hydrogen-bond donors (Lipinski definition) is 1. The molecular weight excluding hydrogens is 288 g/mol. The van der Waals surface area contributed by atoms with E-state index in [4.69, 9.17) is 16.3 Å². The molecule has 1 saturated carbocycles. The van der Waals surface area contributed by atoms with E-state index in [2.05, 4.69) is 20.8 Å². The number of benzene rings is 1. The number of hydrogen-bond acceptors (Lipinski definition) is 3. The maximum atomic E-state index is 11.2. The predicted molar refractivity (Wildman–Crippen MR) is 83.3 cm³/mol. The summed E-state index contributed by atoms with van der Waals surface area (Å²) in [5, 5.41) is 10.9. The first-order valence-corrected chi connectivity index (χ1v) is 7.80. The normalized spacial score (nSPS) is 30.0. The lowest BCUT2D eigenvalue weighted by Gasteiger charge is -2.48. The Morgan fingerprint density at radius 2 is 1.95 bits per heavy atom. The molecule has 0 bridgehead atoms. The van der Waals surface area contributed by atoms with Crippen molar-refractivity contribution in [3.8, 4) is 0 Å². The van der Waals surface area contributed by atoms with Gasteiger partial charge in [-0.1, -0.05) is 51.1 Å². The molecule has 0 aliphatic heterocycles. The van der Waals surface area contributed by atoms with Crippen molar-refractivity contribution in [3.63, 3.8) is 0 Å². The van der Waals surface area contributed by atoms with E-state index in [1.54, 1.807) is 0 Å². The molecule has 4 heteroatoms. The van der Waals surface area contributed by atoms with Crippen molar-refractivity contribution in [1.82, 2.24) is 0 Å². The number of halogens is 1. The van der Waals surface area contributed by atoms with Crippen molar-refractivity contribution in [2.75, 3.05) is 0 Å². The molecule has 1 fully saturated rings. The van der Waals surface area contributed by atoms with Crippen molar-refractivity contribution in [1.29, 1.82) is 0 Å². The third-order valence-corrected chi connectivity index (χ3v) is 4.86. The summed E-state index contributed by atoms with van der Waals surface area (Å²) < 4.78 is 5.15. The zero-order valence-electron chi connectivity index (χ0n) is 12.8. The van der Waals surface area contributed by atoms with Gasteiger partial charge < -0.3 is 9.84 Å². The largest absolute Gasteiger partial charge is 0.421 e. The van der Waals surface area contributed by atoms with Gasteiger partial charge in [0.25, 0.3) is 0 Å². The molecule has 3 atom stereocenters. The molecule has 0 heterocycles. The minimum absolute atomic E-state index is 0.189. The highest BCUT2D eigenvalue weighted by Gasteiger charge is 2.51.